The summed E-state index contributed by atoms with van der Waals surface area (Å²) in [5.41, 5.74) is -0.546. The Morgan fingerprint density at radius 3 is 2.46 bits per heavy atom. The Bertz CT molecular complexity index is 843. The van der Waals surface area contributed by atoms with Gasteiger partial charge in [-0.25, -0.2) is 12.7 Å². The molecule has 3 rings (SSSR count). The van der Waals surface area contributed by atoms with Crippen LogP contribution in [0.1, 0.15) is 16.8 Å². The fourth-order valence-electron chi connectivity index (χ4n) is 3.97. The summed E-state index contributed by atoms with van der Waals surface area (Å²) < 4.78 is 65.6. The summed E-state index contributed by atoms with van der Waals surface area (Å²) in [6.07, 6.45) is -3.16. The van der Waals surface area contributed by atoms with Gasteiger partial charge in [-0.15, -0.1) is 13.2 Å². The average Bonchev–Trinajstić information content (AvgIpc) is 3.00. The Balaban J connectivity index is 1.74. The van der Waals surface area contributed by atoms with E-state index in [1.165, 1.54) is 21.3 Å². The molecule has 2 saturated heterocycles. The molecule has 7 nitrogen and oxygen atoms in total. The standard InChI is InChI=1S/C17H21F3N2O5S/c1-28(25,26)22-8-13-6-7-21(9-16(13,10-22)11-23)15(24)12-2-4-14(5-3-12)27-17(18,19)20/h2-5,13,23H,6-11H2,1H3. The predicted molar refractivity (Wildman–Crippen MR) is 93.1 cm³/mol. The maximum atomic E-state index is 12.8. The molecule has 0 aromatic heterocycles. The van der Waals surface area contributed by atoms with Crippen molar-refractivity contribution in [2.75, 3.05) is 39.0 Å². The Hall–Kier alpha value is -1.85. The van der Waals surface area contributed by atoms with Crippen LogP contribution in [0.3, 0.4) is 0 Å². The van der Waals surface area contributed by atoms with E-state index < -0.39 is 27.6 Å². The van der Waals surface area contributed by atoms with Crippen LogP contribution in [0.4, 0.5) is 13.2 Å². The van der Waals surface area contributed by atoms with Crippen LogP contribution in [0.2, 0.25) is 0 Å². The monoisotopic (exact) mass is 422 g/mol. The minimum absolute atomic E-state index is 0.0566. The molecule has 11 heteroatoms. The molecule has 2 aliphatic heterocycles. The summed E-state index contributed by atoms with van der Waals surface area (Å²) in [4.78, 5) is 14.3. The van der Waals surface area contributed by atoms with Crippen molar-refractivity contribution in [3.63, 3.8) is 0 Å². The molecular formula is C17H21F3N2O5S. The Labute approximate surface area is 160 Å². The van der Waals surface area contributed by atoms with Gasteiger partial charge in [0.15, 0.2) is 0 Å². The number of fused-ring (bicyclic) bond motifs is 1. The molecule has 1 aromatic rings. The van der Waals surface area contributed by atoms with E-state index in [2.05, 4.69) is 4.74 Å². The molecule has 156 valence electrons. The number of alkyl halides is 3. The molecule has 2 unspecified atom stereocenters. The lowest BCUT2D eigenvalue weighted by Crippen LogP contribution is -2.52. The van der Waals surface area contributed by atoms with E-state index in [1.54, 1.807) is 0 Å². The highest BCUT2D eigenvalue weighted by Crippen LogP contribution is 2.43. The molecule has 0 spiro atoms. The second-order valence-electron chi connectivity index (χ2n) is 7.36. The minimum Gasteiger partial charge on any atom is -0.406 e. The van der Waals surface area contributed by atoms with E-state index in [4.69, 9.17) is 0 Å². The summed E-state index contributed by atoms with van der Waals surface area (Å²) in [5.74, 6) is -0.865. The fraction of sp³-hybridized carbons (Fsp3) is 0.588. The van der Waals surface area contributed by atoms with Crippen LogP contribution in [0.15, 0.2) is 24.3 Å². The normalized spacial score (nSPS) is 26.2. The first-order valence-corrected chi connectivity index (χ1v) is 10.5. The van der Waals surface area contributed by atoms with Crippen LogP contribution in [0, 0.1) is 11.3 Å². The number of piperidine rings is 1. The lowest BCUT2D eigenvalue weighted by molar-refractivity contribution is -0.274. The molecule has 0 bridgehead atoms. The van der Waals surface area contributed by atoms with Crippen molar-refractivity contribution in [2.45, 2.75) is 12.8 Å². The second kappa shape index (κ2) is 7.20. The Morgan fingerprint density at radius 1 is 1.29 bits per heavy atom. The largest absolute Gasteiger partial charge is 0.573 e. The number of nitrogens with zero attached hydrogens (tertiary/aromatic N) is 2. The third-order valence-electron chi connectivity index (χ3n) is 5.44. The Morgan fingerprint density at radius 2 is 1.93 bits per heavy atom. The van der Waals surface area contributed by atoms with E-state index in [9.17, 15) is 31.5 Å². The SMILES string of the molecule is CS(=O)(=O)N1CC2CCN(C(=O)c3ccc(OC(F)(F)F)cc3)CC2(CO)C1. The molecular weight excluding hydrogens is 401 g/mol. The van der Waals surface area contributed by atoms with Gasteiger partial charge in [-0.3, -0.25) is 4.79 Å². The number of aliphatic hydroxyl groups is 1. The maximum Gasteiger partial charge on any atom is 0.573 e. The van der Waals surface area contributed by atoms with Crippen LogP contribution in [0.5, 0.6) is 5.75 Å². The van der Waals surface area contributed by atoms with Crippen molar-refractivity contribution >= 4 is 15.9 Å². The molecule has 1 amide bonds. The number of likely N-dealkylation sites (tertiary alicyclic amines) is 1. The smallest absolute Gasteiger partial charge is 0.406 e. The van der Waals surface area contributed by atoms with Gasteiger partial charge in [0.1, 0.15) is 5.75 Å². The van der Waals surface area contributed by atoms with E-state index >= 15 is 0 Å². The second-order valence-corrected chi connectivity index (χ2v) is 9.34. The quantitative estimate of drug-likeness (QED) is 0.791. The van der Waals surface area contributed by atoms with Crippen molar-refractivity contribution in [1.29, 1.82) is 0 Å². The van der Waals surface area contributed by atoms with Crippen LogP contribution >= 0.6 is 0 Å². The number of hydrogen-bond acceptors (Lipinski definition) is 5. The predicted octanol–water partition coefficient (Wildman–Crippen LogP) is 1.30. The number of benzene rings is 1. The van der Waals surface area contributed by atoms with Crippen LogP contribution in [0.25, 0.3) is 0 Å². The zero-order valence-electron chi connectivity index (χ0n) is 15.1. The molecule has 2 aliphatic rings. The minimum atomic E-state index is -4.81. The van der Waals surface area contributed by atoms with Gasteiger partial charge in [0.25, 0.3) is 5.91 Å². The zero-order valence-corrected chi connectivity index (χ0v) is 16.0. The van der Waals surface area contributed by atoms with Crippen molar-refractivity contribution in [2.24, 2.45) is 11.3 Å². The van der Waals surface area contributed by atoms with Crippen LogP contribution in [-0.4, -0.2) is 74.0 Å². The number of halogens is 3. The molecule has 1 N–H and O–H groups in total. The van der Waals surface area contributed by atoms with Gasteiger partial charge in [-0.1, -0.05) is 0 Å². The molecule has 28 heavy (non-hydrogen) atoms. The number of rotatable bonds is 4. The third kappa shape index (κ3) is 4.26. The highest BCUT2D eigenvalue weighted by atomic mass is 32.2. The lowest BCUT2D eigenvalue weighted by atomic mass is 9.74. The summed E-state index contributed by atoms with van der Waals surface area (Å²) in [7, 11) is -3.41. The molecule has 2 fully saturated rings. The zero-order chi connectivity index (χ0) is 20.7. The number of ether oxygens (including phenoxy) is 1. The third-order valence-corrected chi connectivity index (χ3v) is 6.66. The molecule has 0 saturated carbocycles. The number of sulfonamides is 1. The first-order valence-electron chi connectivity index (χ1n) is 8.65. The first kappa shape index (κ1) is 20.9. The number of hydrogen-bond donors (Lipinski definition) is 1. The highest BCUT2D eigenvalue weighted by Gasteiger charge is 2.52. The summed E-state index contributed by atoms with van der Waals surface area (Å²) in [6, 6.07) is 4.63. The van der Waals surface area contributed by atoms with Crippen molar-refractivity contribution in [1.82, 2.24) is 9.21 Å². The average molecular weight is 422 g/mol. The summed E-state index contributed by atoms with van der Waals surface area (Å²) in [6.45, 7) is 0.745. The maximum absolute atomic E-state index is 12.8. The van der Waals surface area contributed by atoms with E-state index in [-0.39, 0.29) is 37.1 Å². The molecule has 2 atom stereocenters. The van der Waals surface area contributed by atoms with Crippen molar-refractivity contribution in [3.8, 4) is 5.75 Å². The number of carbonyl (C=O) groups is 1. The van der Waals surface area contributed by atoms with E-state index in [1.807, 2.05) is 0 Å². The Kier molecular flexibility index (Phi) is 5.36. The number of carbonyl (C=O) groups excluding carboxylic acids is 1. The molecule has 1 aromatic carbocycles. The number of amides is 1. The van der Waals surface area contributed by atoms with Gasteiger partial charge < -0.3 is 14.7 Å². The summed E-state index contributed by atoms with van der Waals surface area (Å²) in [5, 5.41) is 9.97. The molecule has 2 heterocycles. The lowest BCUT2D eigenvalue weighted by Gasteiger charge is -2.43. The van der Waals surface area contributed by atoms with Crippen LogP contribution < -0.4 is 4.74 Å². The van der Waals surface area contributed by atoms with Gasteiger partial charge in [0.2, 0.25) is 10.0 Å². The first-order chi connectivity index (χ1) is 12.9. The van der Waals surface area contributed by atoms with E-state index in [0.29, 0.717) is 19.5 Å². The van der Waals surface area contributed by atoms with Crippen LogP contribution in [-0.2, 0) is 10.0 Å². The van der Waals surface area contributed by atoms with Gasteiger partial charge in [0, 0.05) is 37.2 Å². The van der Waals surface area contributed by atoms with Gasteiger partial charge in [-0.05, 0) is 36.6 Å². The van der Waals surface area contributed by atoms with Gasteiger partial charge >= 0.3 is 6.36 Å². The highest BCUT2D eigenvalue weighted by molar-refractivity contribution is 7.88. The van der Waals surface area contributed by atoms with Crippen molar-refractivity contribution < 1.29 is 36.2 Å². The van der Waals surface area contributed by atoms with Crippen molar-refractivity contribution in [3.05, 3.63) is 29.8 Å². The van der Waals surface area contributed by atoms with Gasteiger partial charge in [0.05, 0.1) is 12.9 Å². The topological polar surface area (TPSA) is 87.2 Å². The molecule has 0 radical (unpaired) electrons. The van der Waals surface area contributed by atoms with E-state index in [0.717, 1.165) is 18.4 Å². The fourth-order valence-corrected chi connectivity index (χ4v) is 4.91. The molecule has 0 aliphatic carbocycles. The number of aliphatic hydroxyl groups excluding tert-OH is 1. The summed E-state index contributed by atoms with van der Waals surface area (Å²) >= 11 is 0. The van der Waals surface area contributed by atoms with Gasteiger partial charge in [-0.2, -0.15) is 0 Å².